The molecule has 0 aromatic heterocycles. The van der Waals surface area contributed by atoms with E-state index in [0.717, 1.165) is 11.0 Å². The third-order valence-electron chi connectivity index (χ3n) is 6.98. The highest BCUT2D eigenvalue weighted by Gasteiger charge is 2.42. The molecule has 3 unspecified atom stereocenters. The molecule has 0 aliphatic heterocycles. The highest BCUT2D eigenvalue weighted by atomic mass is 19.4. The van der Waals surface area contributed by atoms with E-state index < -0.39 is 54.0 Å². The largest absolute Gasteiger partial charge is 0.497 e. The van der Waals surface area contributed by atoms with Crippen LogP contribution in [0.2, 0.25) is 0 Å². The van der Waals surface area contributed by atoms with Crippen molar-refractivity contribution < 1.29 is 37.7 Å². The second kappa shape index (κ2) is 12.2. The summed E-state index contributed by atoms with van der Waals surface area (Å²) in [6, 6.07) is 17.2. The van der Waals surface area contributed by atoms with Crippen LogP contribution in [0.1, 0.15) is 41.2 Å². The van der Waals surface area contributed by atoms with E-state index in [1.165, 1.54) is 50.6 Å². The molecule has 0 radical (unpaired) electrons. The second-order valence-electron chi connectivity index (χ2n) is 9.32. The molecule has 0 spiro atoms. The van der Waals surface area contributed by atoms with Crippen LogP contribution in [0.5, 0.6) is 5.75 Å². The summed E-state index contributed by atoms with van der Waals surface area (Å²) in [5.41, 5.74) is 5.33. The molecule has 7 nitrogen and oxygen atoms in total. The van der Waals surface area contributed by atoms with Gasteiger partial charge in [0.2, 0.25) is 5.91 Å². The van der Waals surface area contributed by atoms with Crippen molar-refractivity contribution in [3.63, 3.8) is 0 Å². The van der Waals surface area contributed by atoms with Crippen LogP contribution in [0.3, 0.4) is 0 Å². The van der Waals surface area contributed by atoms with Crippen molar-refractivity contribution >= 4 is 17.6 Å². The zero-order chi connectivity index (χ0) is 28.9. The number of halogens is 3. The Kier molecular flexibility index (Phi) is 9.24. The van der Waals surface area contributed by atoms with Gasteiger partial charge in [0.1, 0.15) is 11.7 Å². The molecule has 3 aromatic rings. The van der Waals surface area contributed by atoms with E-state index in [4.69, 9.17) is 10.5 Å². The van der Waals surface area contributed by atoms with Gasteiger partial charge in [-0.05, 0) is 54.3 Å². The fourth-order valence-corrected chi connectivity index (χ4v) is 4.61. The Bertz CT molecular complexity index is 1280. The van der Waals surface area contributed by atoms with E-state index >= 15 is 0 Å². The van der Waals surface area contributed by atoms with Gasteiger partial charge in [-0.1, -0.05) is 48.5 Å². The van der Waals surface area contributed by atoms with Gasteiger partial charge in [-0.3, -0.25) is 9.59 Å². The first-order chi connectivity index (χ1) is 18.4. The van der Waals surface area contributed by atoms with Crippen LogP contribution >= 0.6 is 0 Å². The third-order valence-corrected chi connectivity index (χ3v) is 6.98. The molecule has 39 heavy (non-hydrogen) atoms. The monoisotopic (exact) mass is 544 g/mol. The van der Waals surface area contributed by atoms with Gasteiger partial charge in [0.05, 0.1) is 24.8 Å². The minimum atomic E-state index is -4.75. The van der Waals surface area contributed by atoms with E-state index in [9.17, 15) is 33.0 Å². The quantitative estimate of drug-likeness (QED) is 0.247. The van der Waals surface area contributed by atoms with E-state index in [2.05, 4.69) is 0 Å². The number of nitrogen functional groups attached to an aromatic ring is 1. The summed E-state index contributed by atoms with van der Waals surface area (Å²) in [6.07, 6.45) is -6.35. The Hall–Kier alpha value is -4.05. The van der Waals surface area contributed by atoms with Gasteiger partial charge in [-0.2, -0.15) is 13.2 Å². The molecule has 0 saturated heterocycles. The summed E-state index contributed by atoms with van der Waals surface area (Å²) in [6.45, 7) is 1.56. The van der Waals surface area contributed by atoms with Gasteiger partial charge in [-0.25, -0.2) is 0 Å². The van der Waals surface area contributed by atoms with Crippen molar-refractivity contribution in [3.8, 4) is 5.75 Å². The van der Waals surface area contributed by atoms with Gasteiger partial charge in [0.15, 0.2) is 0 Å². The van der Waals surface area contributed by atoms with Crippen molar-refractivity contribution in [2.45, 2.75) is 37.6 Å². The number of carboxylic acids is 1. The van der Waals surface area contributed by atoms with Crippen molar-refractivity contribution in [1.82, 2.24) is 4.90 Å². The molecule has 0 aliphatic rings. The summed E-state index contributed by atoms with van der Waals surface area (Å²) in [5.74, 6) is -4.95. The van der Waals surface area contributed by atoms with Gasteiger partial charge in [0, 0.05) is 18.7 Å². The lowest BCUT2D eigenvalue weighted by Gasteiger charge is -2.34. The number of hydrogen-bond donors (Lipinski definition) is 3. The van der Waals surface area contributed by atoms with Crippen LogP contribution in [0.15, 0.2) is 72.8 Å². The fraction of sp³-hybridized carbons (Fsp3) is 0.310. The van der Waals surface area contributed by atoms with Crippen molar-refractivity contribution in [1.29, 1.82) is 0 Å². The number of nitrogens with zero attached hydrogens (tertiary/aromatic N) is 1. The number of aliphatic carboxylic acids is 1. The number of methoxy groups -OCH3 is 1. The Morgan fingerprint density at radius 3 is 2.13 bits per heavy atom. The first kappa shape index (κ1) is 29.5. The number of carbonyl (C=O) groups excluding carboxylic acids is 1. The SMILES string of the molecule is COc1ccc([C@H](Cc2c(N)cccc2C(F)(F)F)C(C(=O)O)C(=O)N(C)C(C)C(O)c2ccccc2)cc1. The lowest BCUT2D eigenvalue weighted by molar-refractivity contribution is -0.153. The standard InChI is InChI=1S/C29H31F3N2O5/c1-17(26(35)19-8-5-4-6-9-19)34(2)27(36)25(28(37)38)21(18-12-14-20(39-3)15-13-18)16-22-23(29(30,31)32)10-7-11-24(22)33/h4-15,17,21,25-26,35H,16,33H2,1-3H3,(H,37,38)/t17?,21-,25?,26?/m0/s1. The molecule has 0 fully saturated rings. The number of nitrogens with two attached hydrogens (primary N) is 1. The Morgan fingerprint density at radius 1 is 0.974 bits per heavy atom. The summed E-state index contributed by atoms with van der Waals surface area (Å²) in [7, 11) is 2.79. The maximum absolute atomic E-state index is 13.9. The lowest BCUT2D eigenvalue weighted by atomic mass is 9.79. The number of carbonyl (C=O) groups is 2. The minimum absolute atomic E-state index is 0.166. The van der Waals surface area contributed by atoms with Gasteiger partial charge in [0.25, 0.3) is 0 Å². The smallest absolute Gasteiger partial charge is 0.416 e. The topological polar surface area (TPSA) is 113 Å². The summed E-state index contributed by atoms with van der Waals surface area (Å²) >= 11 is 0. The van der Waals surface area contributed by atoms with Crippen LogP contribution < -0.4 is 10.5 Å². The zero-order valence-electron chi connectivity index (χ0n) is 21.7. The number of aliphatic hydroxyl groups excluding tert-OH is 1. The number of carboxylic acid groups (broad SMARTS) is 1. The van der Waals surface area contributed by atoms with Crippen LogP contribution in [0, 0.1) is 5.92 Å². The molecule has 1 amide bonds. The molecule has 3 aromatic carbocycles. The highest BCUT2D eigenvalue weighted by Crippen LogP contribution is 2.40. The third kappa shape index (κ3) is 6.69. The minimum Gasteiger partial charge on any atom is -0.497 e. The number of aliphatic hydroxyl groups is 1. The number of likely N-dealkylation sites (N-methyl/N-ethyl adjacent to an activating group) is 1. The maximum Gasteiger partial charge on any atom is 0.416 e. The summed E-state index contributed by atoms with van der Waals surface area (Å²) < 4.78 is 46.8. The molecule has 10 heteroatoms. The highest BCUT2D eigenvalue weighted by molar-refractivity contribution is 5.98. The molecule has 0 heterocycles. The number of benzene rings is 3. The van der Waals surface area contributed by atoms with Gasteiger partial charge in [-0.15, -0.1) is 0 Å². The number of amides is 1. The number of ether oxygens (including phenoxy) is 1. The molecular formula is C29H31F3N2O5. The molecule has 0 saturated carbocycles. The average Bonchev–Trinajstić information content (AvgIpc) is 2.91. The Morgan fingerprint density at radius 2 is 1.59 bits per heavy atom. The molecule has 0 bridgehead atoms. The number of anilines is 1. The molecule has 3 rings (SSSR count). The number of hydrogen-bond acceptors (Lipinski definition) is 5. The average molecular weight is 545 g/mol. The summed E-state index contributed by atoms with van der Waals surface area (Å²) in [4.78, 5) is 27.4. The van der Waals surface area contributed by atoms with Crippen LogP contribution in [-0.4, -0.2) is 47.2 Å². The van der Waals surface area contributed by atoms with Crippen LogP contribution in [0.25, 0.3) is 0 Å². The van der Waals surface area contributed by atoms with Crippen molar-refractivity contribution in [2.24, 2.45) is 5.92 Å². The lowest BCUT2D eigenvalue weighted by Crippen LogP contribution is -2.46. The first-order valence-corrected chi connectivity index (χ1v) is 12.2. The van der Waals surface area contributed by atoms with E-state index in [1.807, 2.05) is 0 Å². The Balaban J connectivity index is 2.08. The molecule has 0 aliphatic carbocycles. The molecule has 4 N–H and O–H groups in total. The molecule has 4 atom stereocenters. The van der Waals surface area contributed by atoms with Crippen LogP contribution in [-0.2, 0) is 22.2 Å². The van der Waals surface area contributed by atoms with Crippen molar-refractivity contribution in [3.05, 3.63) is 95.1 Å². The Labute approximate surface area is 224 Å². The molecule has 208 valence electrons. The van der Waals surface area contributed by atoms with Gasteiger partial charge < -0.3 is 25.6 Å². The normalized spacial score (nSPS) is 14.6. The van der Waals surface area contributed by atoms with E-state index in [-0.39, 0.29) is 11.3 Å². The second-order valence-corrected chi connectivity index (χ2v) is 9.32. The summed E-state index contributed by atoms with van der Waals surface area (Å²) in [5, 5.41) is 21.1. The van der Waals surface area contributed by atoms with Gasteiger partial charge >= 0.3 is 12.1 Å². The number of alkyl halides is 3. The van der Waals surface area contributed by atoms with E-state index in [0.29, 0.717) is 16.9 Å². The maximum atomic E-state index is 13.9. The van der Waals surface area contributed by atoms with E-state index in [1.54, 1.807) is 37.3 Å². The zero-order valence-corrected chi connectivity index (χ0v) is 21.7. The number of rotatable bonds is 10. The molecular weight excluding hydrogens is 513 g/mol. The predicted molar refractivity (Wildman–Crippen MR) is 140 cm³/mol. The van der Waals surface area contributed by atoms with Crippen molar-refractivity contribution in [2.75, 3.05) is 19.9 Å². The predicted octanol–water partition coefficient (Wildman–Crippen LogP) is 4.90. The fourth-order valence-electron chi connectivity index (χ4n) is 4.61. The van der Waals surface area contributed by atoms with Crippen LogP contribution in [0.4, 0.5) is 18.9 Å². The first-order valence-electron chi connectivity index (χ1n) is 12.2.